The molecule has 1 aromatic rings. The molecule has 1 aromatic carbocycles. The Kier molecular flexibility index (Phi) is 5.74. The minimum Gasteiger partial charge on any atom is -0.349 e. The summed E-state index contributed by atoms with van der Waals surface area (Å²) < 4.78 is 13.3. The van der Waals surface area contributed by atoms with E-state index in [-0.39, 0.29) is 17.8 Å². The van der Waals surface area contributed by atoms with Crippen molar-refractivity contribution in [2.45, 2.75) is 58.0 Å². The summed E-state index contributed by atoms with van der Waals surface area (Å²) in [6.07, 6.45) is 5.30. The number of aryl methyl sites for hydroxylation is 1. The van der Waals surface area contributed by atoms with Crippen LogP contribution in [0.4, 0.5) is 4.39 Å². The quantitative estimate of drug-likeness (QED) is 0.875. The number of carbonyl (C=O) groups excluding carboxylic acids is 1. The van der Waals surface area contributed by atoms with Crippen LogP contribution in [-0.2, 0) is 0 Å². The molecule has 0 spiro atoms. The number of nitrogens with one attached hydrogen (secondary N) is 2. The normalized spacial score (nSPS) is 22.0. The SMILES string of the molecule is CCCNC1CCC(NC(=O)c2cc(F)ccc2C)CC1. The Bertz CT molecular complexity index is 482. The number of halogens is 1. The van der Waals surface area contributed by atoms with Crippen LogP contribution in [0.3, 0.4) is 0 Å². The van der Waals surface area contributed by atoms with Gasteiger partial charge in [-0.1, -0.05) is 13.0 Å². The molecule has 0 bridgehead atoms. The van der Waals surface area contributed by atoms with E-state index in [1.54, 1.807) is 6.07 Å². The summed E-state index contributed by atoms with van der Waals surface area (Å²) in [6.45, 7) is 5.06. The fraction of sp³-hybridized carbons (Fsp3) is 0.588. The van der Waals surface area contributed by atoms with Gasteiger partial charge in [-0.05, 0) is 63.3 Å². The molecule has 1 aliphatic carbocycles. The second-order valence-corrected chi connectivity index (χ2v) is 5.94. The predicted octanol–water partition coefficient (Wildman–Crippen LogP) is 3.17. The van der Waals surface area contributed by atoms with E-state index in [1.165, 1.54) is 12.1 Å². The van der Waals surface area contributed by atoms with E-state index in [1.807, 2.05) is 6.92 Å². The van der Waals surface area contributed by atoms with Crippen LogP contribution in [-0.4, -0.2) is 24.5 Å². The second kappa shape index (κ2) is 7.55. The van der Waals surface area contributed by atoms with E-state index in [4.69, 9.17) is 0 Å². The summed E-state index contributed by atoms with van der Waals surface area (Å²) in [5, 5.41) is 6.58. The fourth-order valence-electron chi connectivity index (χ4n) is 2.89. The fourth-order valence-corrected chi connectivity index (χ4v) is 2.89. The first-order chi connectivity index (χ1) is 10.1. The third-order valence-corrected chi connectivity index (χ3v) is 4.19. The maximum atomic E-state index is 13.3. The smallest absolute Gasteiger partial charge is 0.251 e. The van der Waals surface area contributed by atoms with E-state index < -0.39 is 0 Å². The van der Waals surface area contributed by atoms with Gasteiger partial charge in [-0.3, -0.25) is 4.79 Å². The van der Waals surface area contributed by atoms with Gasteiger partial charge in [0.25, 0.3) is 5.91 Å². The van der Waals surface area contributed by atoms with Crippen molar-refractivity contribution in [3.05, 3.63) is 35.1 Å². The van der Waals surface area contributed by atoms with Crippen LogP contribution in [0.1, 0.15) is 54.9 Å². The van der Waals surface area contributed by atoms with Crippen LogP contribution in [0.5, 0.6) is 0 Å². The van der Waals surface area contributed by atoms with E-state index in [2.05, 4.69) is 17.6 Å². The minimum absolute atomic E-state index is 0.156. The molecule has 0 heterocycles. The van der Waals surface area contributed by atoms with Gasteiger partial charge in [-0.15, -0.1) is 0 Å². The molecule has 2 N–H and O–H groups in total. The molecule has 116 valence electrons. The molecule has 1 fully saturated rings. The molecule has 1 aliphatic rings. The van der Waals surface area contributed by atoms with Crippen molar-refractivity contribution < 1.29 is 9.18 Å². The zero-order chi connectivity index (χ0) is 15.2. The van der Waals surface area contributed by atoms with Crippen LogP contribution >= 0.6 is 0 Å². The zero-order valence-electron chi connectivity index (χ0n) is 12.9. The van der Waals surface area contributed by atoms with Crippen molar-refractivity contribution in [1.29, 1.82) is 0 Å². The van der Waals surface area contributed by atoms with Crippen LogP contribution in [0.25, 0.3) is 0 Å². The highest BCUT2D eigenvalue weighted by atomic mass is 19.1. The molecule has 1 amide bonds. The third kappa shape index (κ3) is 4.53. The lowest BCUT2D eigenvalue weighted by molar-refractivity contribution is 0.0923. The summed E-state index contributed by atoms with van der Waals surface area (Å²) in [4.78, 5) is 12.2. The Morgan fingerprint density at radius 1 is 1.24 bits per heavy atom. The molecule has 0 atom stereocenters. The largest absolute Gasteiger partial charge is 0.349 e. The topological polar surface area (TPSA) is 41.1 Å². The van der Waals surface area contributed by atoms with E-state index >= 15 is 0 Å². The number of hydrogen-bond donors (Lipinski definition) is 2. The second-order valence-electron chi connectivity index (χ2n) is 5.94. The Labute approximate surface area is 126 Å². The summed E-state index contributed by atoms with van der Waals surface area (Å²) in [6, 6.07) is 5.14. The lowest BCUT2D eigenvalue weighted by Gasteiger charge is -2.29. The Balaban J connectivity index is 1.85. The molecule has 4 heteroatoms. The van der Waals surface area contributed by atoms with Crippen LogP contribution < -0.4 is 10.6 Å². The van der Waals surface area contributed by atoms with E-state index in [0.717, 1.165) is 44.2 Å². The van der Waals surface area contributed by atoms with Crippen LogP contribution in [0.2, 0.25) is 0 Å². The lowest BCUT2D eigenvalue weighted by atomic mass is 9.91. The highest BCUT2D eigenvalue weighted by Crippen LogP contribution is 2.19. The van der Waals surface area contributed by atoms with Gasteiger partial charge in [0.15, 0.2) is 0 Å². The summed E-state index contributed by atoms with van der Waals surface area (Å²) in [5.41, 5.74) is 1.26. The van der Waals surface area contributed by atoms with Gasteiger partial charge < -0.3 is 10.6 Å². The molecule has 0 aromatic heterocycles. The van der Waals surface area contributed by atoms with E-state index in [0.29, 0.717) is 11.6 Å². The summed E-state index contributed by atoms with van der Waals surface area (Å²) >= 11 is 0. The number of carbonyl (C=O) groups is 1. The van der Waals surface area contributed by atoms with E-state index in [9.17, 15) is 9.18 Å². The third-order valence-electron chi connectivity index (χ3n) is 4.19. The molecule has 1 saturated carbocycles. The van der Waals surface area contributed by atoms with Crippen molar-refractivity contribution in [3.63, 3.8) is 0 Å². The standard InChI is InChI=1S/C17H25FN2O/c1-3-10-19-14-6-8-15(9-7-14)20-17(21)16-11-13(18)5-4-12(16)2/h4-5,11,14-15,19H,3,6-10H2,1-2H3,(H,20,21). The zero-order valence-corrected chi connectivity index (χ0v) is 12.9. The van der Waals surface area contributed by atoms with Gasteiger partial charge in [-0.25, -0.2) is 4.39 Å². The molecule has 2 rings (SSSR count). The van der Waals surface area contributed by atoms with Gasteiger partial charge in [0.2, 0.25) is 0 Å². The average molecular weight is 292 g/mol. The van der Waals surface area contributed by atoms with Crippen molar-refractivity contribution >= 4 is 5.91 Å². The minimum atomic E-state index is -0.363. The Morgan fingerprint density at radius 2 is 1.90 bits per heavy atom. The van der Waals surface area contributed by atoms with Crippen molar-refractivity contribution in [2.24, 2.45) is 0 Å². The molecule has 21 heavy (non-hydrogen) atoms. The molecular formula is C17H25FN2O. The number of amides is 1. The predicted molar refractivity (Wildman–Crippen MR) is 82.9 cm³/mol. The van der Waals surface area contributed by atoms with Crippen molar-refractivity contribution in [3.8, 4) is 0 Å². The van der Waals surface area contributed by atoms with Gasteiger partial charge in [0.1, 0.15) is 5.82 Å². The first-order valence-electron chi connectivity index (χ1n) is 7.90. The Hall–Kier alpha value is -1.42. The van der Waals surface area contributed by atoms with Crippen LogP contribution in [0, 0.1) is 12.7 Å². The van der Waals surface area contributed by atoms with Gasteiger partial charge in [-0.2, -0.15) is 0 Å². The molecule has 0 radical (unpaired) electrons. The highest BCUT2D eigenvalue weighted by Gasteiger charge is 2.22. The number of hydrogen-bond acceptors (Lipinski definition) is 2. The monoisotopic (exact) mass is 292 g/mol. The molecule has 3 nitrogen and oxygen atoms in total. The number of benzene rings is 1. The van der Waals surface area contributed by atoms with Crippen molar-refractivity contribution in [2.75, 3.05) is 6.54 Å². The molecule has 0 unspecified atom stereocenters. The Morgan fingerprint density at radius 3 is 2.57 bits per heavy atom. The summed E-state index contributed by atoms with van der Waals surface area (Å²) in [5.74, 6) is -0.518. The maximum absolute atomic E-state index is 13.3. The molecule has 0 aliphatic heterocycles. The first-order valence-corrected chi connectivity index (χ1v) is 7.90. The first kappa shape index (κ1) is 16.0. The highest BCUT2D eigenvalue weighted by molar-refractivity contribution is 5.95. The van der Waals surface area contributed by atoms with Crippen molar-refractivity contribution in [1.82, 2.24) is 10.6 Å². The lowest BCUT2D eigenvalue weighted by Crippen LogP contribution is -2.42. The molecule has 0 saturated heterocycles. The van der Waals surface area contributed by atoms with Gasteiger partial charge in [0, 0.05) is 17.6 Å². The van der Waals surface area contributed by atoms with Gasteiger partial charge >= 0.3 is 0 Å². The van der Waals surface area contributed by atoms with Crippen LogP contribution in [0.15, 0.2) is 18.2 Å². The average Bonchev–Trinajstić information content (AvgIpc) is 2.49. The summed E-state index contributed by atoms with van der Waals surface area (Å²) in [7, 11) is 0. The van der Waals surface area contributed by atoms with Gasteiger partial charge in [0.05, 0.1) is 0 Å². The molecular weight excluding hydrogens is 267 g/mol. The maximum Gasteiger partial charge on any atom is 0.251 e. The number of rotatable bonds is 5.